The van der Waals surface area contributed by atoms with E-state index in [4.69, 9.17) is 0 Å². The zero-order valence-electron chi connectivity index (χ0n) is 10.4. The van der Waals surface area contributed by atoms with Crippen LogP contribution >= 0.6 is 15.9 Å². The third kappa shape index (κ3) is 4.41. The van der Waals surface area contributed by atoms with Crippen molar-refractivity contribution in [1.82, 2.24) is 5.32 Å². The lowest BCUT2D eigenvalue weighted by molar-refractivity contribution is -0.119. The van der Waals surface area contributed by atoms with Crippen LogP contribution in [-0.2, 0) is 11.3 Å². The second-order valence-electron chi connectivity index (χ2n) is 4.09. The largest absolute Gasteiger partial charge is 0.376 e. The van der Waals surface area contributed by atoms with Crippen molar-refractivity contribution in [2.45, 2.75) is 6.54 Å². The fraction of sp³-hybridized carbons (Fsp3) is 0.133. The van der Waals surface area contributed by atoms with Gasteiger partial charge in [0.25, 0.3) is 0 Å². The number of hydrogen-bond donors (Lipinski definition) is 2. The van der Waals surface area contributed by atoms with Crippen molar-refractivity contribution < 1.29 is 4.79 Å². The van der Waals surface area contributed by atoms with Gasteiger partial charge in [-0.3, -0.25) is 4.79 Å². The summed E-state index contributed by atoms with van der Waals surface area (Å²) in [6.45, 7) is 0.797. The van der Waals surface area contributed by atoms with Gasteiger partial charge in [0, 0.05) is 16.7 Å². The van der Waals surface area contributed by atoms with Gasteiger partial charge in [0.2, 0.25) is 5.91 Å². The van der Waals surface area contributed by atoms with Gasteiger partial charge < -0.3 is 10.6 Å². The highest BCUT2D eigenvalue weighted by atomic mass is 79.9. The number of carbonyl (C=O) groups excluding carboxylic acids is 1. The minimum absolute atomic E-state index is 0.0281. The lowest BCUT2D eigenvalue weighted by atomic mass is 10.2. The van der Waals surface area contributed by atoms with Crippen molar-refractivity contribution in [2.75, 3.05) is 11.9 Å². The Morgan fingerprint density at radius 1 is 1.00 bits per heavy atom. The van der Waals surface area contributed by atoms with E-state index in [9.17, 15) is 4.79 Å². The van der Waals surface area contributed by atoms with Crippen molar-refractivity contribution in [3.63, 3.8) is 0 Å². The van der Waals surface area contributed by atoms with Crippen LogP contribution in [0.15, 0.2) is 59.1 Å². The second kappa shape index (κ2) is 6.95. The van der Waals surface area contributed by atoms with Gasteiger partial charge in [0.05, 0.1) is 6.54 Å². The molecule has 98 valence electrons. The lowest BCUT2D eigenvalue weighted by Gasteiger charge is -2.08. The van der Waals surface area contributed by atoms with Crippen LogP contribution in [0.2, 0.25) is 0 Å². The summed E-state index contributed by atoms with van der Waals surface area (Å²) in [5.74, 6) is -0.0281. The molecule has 0 radical (unpaired) electrons. The molecule has 0 aliphatic carbocycles. The summed E-state index contributed by atoms with van der Waals surface area (Å²) in [7, 11) is 0. The summed E-state index contributed by atoms with van der Waals surface area (Å²) in [6, 6.07) is 17.5. The molecule has 0 atom stereocenters. The van der Waals surface area contributed by atoms with Crippen molar-refractivity contribution in [3.8, 4) is 0 Å². The van der Waals surface area contributed by atoms with Crippen LogP contribution in [0, 0.1) is 0 Å². The predicted molar refractivity (Wildman–Crippen MR) is 80.9 cm³/mol. The first-order chi connectivity index (χ1) is 9.25. The Morgan fingerprint density at radius 3 is 2.42 bits per heavy atom. The monoisotopic (exact) mass is 318 g/mol. The van der Waals surface area contributed by atoms with Crippen LogP contribution in [0.3, 0.4) is 0 Å². The van der Waals surface area contributed by atoms with Gasteiger partial charge in [-0.1, -0.05) is 52.3 Å². The zero-order chi connectivity index (χ0) is 13.5. The number of nitrogens with one attached hydrogen (secondary N) is 2. The van der Waals surface area contributed by atoms with Gasteiger partial charge in [0.15, 0.2) is 0 Å². The summed E-state index contributed by atoms with van der Waals surface area (Å²) in [5.41, 5.74) is 2.01. The van der Waals surface area contributed by atoms with Gasteiger partial charge in [-0.05, 0) is 23.8 Å². The molecule has 0 fully saturated rings. The minimum Gasteiger partial charge on any atom is -0.376 e. The smallest absolute Gasteiger partial charge is 0.239 e. The van der Waals surface area contributed by atoms with Crippen LogP contribution in [-0.4, -0.2) is 12.5 Å². The molecule has 0 spiro atoms. The normalized spacial score (nSPS) is 9.95. The standard InChI is InChI=1S/C15H15BrN2O/c16-14-9-5-4-6-12(14)10-18-15(19)11-17-13-7-2-1-3-8-13/h1-9,17H,10-11H2,(H,18,19). The fourth-order valence-electron chi connectivity index (χ4n) is 1.64. The van der Waals surface area contributed by atoms with Gasteiger partial charge in [0.1, 0.15) is 0 Å². The van der Waals surface area contributed by atoms with E-state index in [1.165, 1.54) is 0 Å². The molecular formula is C15H15BrN2O. The van der Waals surface area contributed by atoms with E-state index in [0.717, 1.165) is 15.7 Å². The van der Waals surface area contributed by atoms with E-state index in [2.05, 4.69) is 26.6 Å². The second-order valence-corrected chi connectivity index (χ2v) is 4.94. The molecule has 0 unspecified atom stereocenters. The molecule has 0 aliphatic heterocycles. The maximum atomic E-state index is 11.7. The number of para-hydroxylation sites is 1. The first-order valence-electron chi connectivity index (χ1n) is 6.05. The average Bonchev–Trinajstić information content (AvgIpc) is 2.45. The number of hydrogen-bond acceptors (Lipinski definition) is 2. The Morgan fingerprint density at radius 2 is 1.68 bits per heavy atom. The third-order valence-corrected chi connectivity index (χ3v) is 3.43. The Labute approximate surface area is 121 Å². The molecule has 0 saturated heterocycles. The van der Waals surface area contributed by atoms with Crippen LogP contribution in [0.5, 0.6) is 0 Å². The lowest BCUT2D eigenvalue weighted by Crippen LogP contribution is -2.29. The van der Waals surface area contributed by atoms with E-state index in [0.29, 0.717) is 6.54 Å². The molecule has 0 heterocycles. The molecule has 19 heavy (non-hydrogen) atoms. The van der Waals surface area contributed by atoms with E-state index in [1.54, 1.807) is 0 Å². The molecule has 2 rings (SSSR count). The minimum atomic E-state index is -0.0281. The van der Waals surface area contributed by atoms with Gasteiger partial charge in [-0.15, -0.1) is 0 Å². The maximum absolute atomic E-state index is 11.7. The predicted octanol–water partition coefficient (Wildman–Crippen LogP) is 3.18. The molecule has 1 amide bonds. The summed E-state index contributed by atoms with van der Waals surface area (Å²) in [6.07, 6.45) is 0. The first-order valence-corrected chi connectivity index (χ1v) is 6.84. The maximum Gasteiger partial charge on any atom is 0.239 e. The summed E-state index contributed by atoms with van der Waals surface area (Å²) >= 11 is 3.46. The SMILES string of the molecule is O=C(CNc1ccccc1)NCc1ccccc1Br. The molecule has 2 N–H and O–H groups in total. The highest BCUT2D eigenvalue weighted by Crippen LogP contribution is 2.15. The van der Waals surface area contributed by atoms with Gasteiger partial charge >= 0.3 is 0 Å². The van der Waals surface area contributed by atoms with E-state index >= 15 is 0 Å². The number of rotatable bonds is 5. The van der Waals surface area contributed by atoms with Crippen molar-refractivity contribution >= 4 is 27.5 Å². The Bertz CT molecular complexity index is 543. The molecular weight excluding hydrogens is 304 g/mol. The van der Waals surface area contributed by atoms with E-state index in [-0.39, 0.29) is 12.5 Å². The number of benzene rings is 2. The summed E-state index contributed by atoms with van der Waals surface area (Å²) in [5, 5.41) is 5.95. The molecule has 0 aliphatic rings. The quantitative estimate of drug-likeness (QED) is 0.889. The highest BCUT2D eigenvalue weighted by Gasteiger charge is 2.03. The van der Waals surface area contributed by atoms with Gasteiger partial charge in [-0.25, -0.2) is 0 Å². The molecule has 0 aromatic heterocycles. The van der Waals surface area contributed by atoms with Crippen LogP contribution in [0.4, 0.5) is 5.69 Å². The number of anilines is 1. The van der Waals surface area contributed by atoms with Crippen LogP contribution < -0.4 is 10.6 Å². The van der Waals surface area contributed by atoms with Crippen molar-refractivity contribution in [2.24, 2.45) is 0 Å². The summed E-state index contributed by atoms with van der Waals surface area (Å²) < 4.78 is 1.01. The molecule has 3 nitrogen and oxygen atoms in total. The molecule has 4 heteroatoms. The number of halogens is 1. The number of carbonyl (C=O) groups is 1. The molecule has 0 bridgehead atoms. The van der Waals surface area contributed by atoms with Gasteiger partial charge in [-0.2, -0.15) is 0 Å². The van der Waals surface area contributed by atoms with E-state index in [1.807, 2.05) is 54.6 Å². The first kappa shape index (κ1) is 13.6. The fourth-order valence-corrected chi connectivity index (χ4v) is 2.06. The van der Waals surface area contributed by atoms with Crippen molar-refractivity contribution in [1.29, 1.82) is 0 Å². The Balaban J connectivity index is 1.78. The van der Waals surface area contributed by atoms with Crippen LogP contribution in [0.25, 0.3) is 0 Å². The third-order valence-electron chi connectivity index (χ3n) is 2.66. The zero-order valence-corrected chi connectivity index (χ0v) is 12.0. The molecule has 0 saturated carbocycles. The average molecular weight is 319 g/mol. The Kier molecular flexibility index (Phi) is 4.98. The molecule has 2 aromatic rings. The molecule has 2 aromatic carbocycles. The van der Waals surface area contributed by atoms with E-state index < -0.39 is 0 Å². The highest BCUT2D eigenvalue weighted by molar-refractivity contribution is 9.10. The number of amides is 1. The van der Waals surface area contributed by atoms with Crippen LogP contribution in [0.1, 0.15) is 5.56 Å². The Hall–Kier alpha value is -1.81. The topological polar surface area (TPSA) is 41.1 Å². The summed E-state index contributed by atoms with van der Waals surface area (Å²) in [4.78, 5) is 11.7. The van der Waals surface area contributed by atoms with Crippen molar-refractivity contribution in [3.05, 3.63) is 64.6 Å².